The summed E-state index contributed by atoms with van der Waals surface area (Å²) < 4.78 is 5.87. The van der Waals surface area contributed by atoms with Crippen LogP contribution < -0.4 is 11.1 Å². The third-order valence-corrected chi connectivity index (χ3v) is 5.87. The summed E-state index contributed by atoms with van der Waals surface area (Å²) in [6.45, 7) is 6.38. The van der Waals surface area contributed by atoms with Gasteiger partial charge in [-0.05, 0) is 44.9 Å². The number of nitrogens with two attached hydrogens (primary N) is 1. The quantitative estimate of drug-likeness (QED) is 0.547. The van der Waals surface area contributed by atoms with Crippen LogP contribution in [0.3, 0.4) is 0 Å². The highest BCUT2D eigenvalue weighted by Gasteiger charge is 2.28. The van der Waals surface area contributed by atoms with Crippen molar-refractivity contribution in [3.8, 4) is 0 Å². The number of primary amides is 1. The molecular formula is C23H46N2O4. The lowest BCUT2D eigenvalue weighted by molar-refractivity contribution is -0.127. The Morgan fingerprint density at radius 3 is 2.14 bits per heavy atom. The van der Waals surface area contributed by atoms with Gasteiger partial charge in [0.25, 0.3) is 0 Å². The Kier molecular flexibility index (Phi) is 12.8. The van der Waals surface area contributed by atoms with E-state index in [1.165, 1.54) is 32.1 Å². The lowest BCUT2D eigenvalue weighted by Gasteiger charge is -2.29. The number of carbonyl (C=O) groups is 3. The molecule has 2 fully saturated rings. The minimum Gasteiger partial charge on any atom is -0.378 e. The van der Waals surface area contributed by atoms with Crippen LogP contribution in [0, 0.1) is 11.8 Å². The number of rotatable bonds is 9. The number of amides is 2. The first kappa shape index (κ1) is 25.6. The lowest BCUT2D eigenvalue weighted by atomic mass is 9.80. The topological polar surface area (TPSA) is 98.5 Å². The maximum Gasteiger partial charge on any atom is 0.220 e. The number of ether oxygens (including phenoxy) is 1. The minimum atomic E-state index is -0.245. The molecule has 0 spiro atoms. The second-order valence-electron chi connectivity index (χ2n) is 8.73. The third-order valence-electron chi connectivity index (χ3n) is 5.87. The van der Waals surface area contributed by atoms with Crippen molar-refractivity contribution in [2.24, 2.45) is 17.6 Å². The van der Waals surface area contributed by atoms with Gasteiger partial charge >= 0.3 is 0 Å². The molecule has 2 aliphatic carbocycles. The molecule has 2 saturated carbocycles. The number of Topliss-reactive ketones (excluding diaryl/α,β-unsaturated/α-hetero) is 1. The van der Waals surface area contributed by atoms with Gasteiger partial charge in [0.05, 0.1) is 6.10 Å². The van der Waals surface area contributed by atoms with Gasteiger partial charge in [0.2, 0.25) is 11.8 Å². The Balaban J connectivity index is 0. The van der Waals surface area contributed by atoms with Gasteiger partial charge in [-0.15, -0.1) is 0 Å². The molecule has 0 aliphatic heterocycles. The van der Waals surface area contributed by atoms with Crippen LogP contribution in [0.2, 0.25) is 0 Å². The summed E-state index contributed by atoms with van der Waals surface area (Å²) in [6, 6.07) is 0.257. The average Bonchev–Trinajstić information content (AvgIpc) is 2.72. The molecule has 3 N–H and O–H groups in total. The van der Waals surface area contributed by atoms with Gasteiger partial charge in [-0.2, -0.15) is 0 Å². The molecule has 2 amide bonds. The number of hydrogen-bond donors (Lipinski definition) is 2. The molecule has 0 aromatic rings. The summed E-state index contributed by atoms with van der Waals surface area (Å²) in [7, 11) is 0. The van der Waals surface area contributed by atoms with Crippen molar-refractivity contribution in [2.45, 2.75) is 110 Å². The molecule has 0 bridgehead atoms. The Morgan fingerprint density at radius 2 is 1.62 bits per heavy atom. The standard InChI is InChI=1S/C20H35NO3.C3H7NO.2H2/c1-15(2)20(23)16-10-12-17(13-11-16)21-19(22)9-6-14-24-18-7-4-3-5-8-18;1-2-3(4)5;;/h15-18H,3-14H2,1-2H3,(H,21,22);2H2,1H3,(H2,4,5);2*1H. The normalized spacial score (nSPS) is 22.5. The van der Waals surface area contributed by atoms with E-state index < -0.39 is 0 Å². The summed E-state index contributed by atoms with van der Waals surface area (Å²) in [5, 5.41) is 3.14. The molecular weight excluding hydrogens is 368 g/mol. The molecule has 2 aliphatic rings. The summed E-state index contributed by atoms with van der Waals surface area (Å²) in [5.41, 5.74) is 4.65. The van der Waals surface area contributed by atoms with E-state index in [-0.39, 0.29) is 32.5 Å². The van der Waals surface area contributed by atoms with E-state index >= 15 is 0 Å². The second-order valence-corrected chi connectivity index (χ2v) is 8.73. The lowest BCUT2D eigenvalue weighted by Crippen LogP contribution is -2.39. The molecule has 0 heterocycles. The third kappa shape index (κ3) is 11.4. The highest BCUT2D eigenvalue weighted by atomic mass is 16.5. The van der Waals surface area contributed by atoms with Gasteiger partial charge in [-0.25, -0.2) is 0 Å². The fraction of sp³-hybridized carbons (Fsp3) is 0.870. The van der Waals surface area contributed by atoms with Crippen molar-refractivity contribution < 1.29 is 22.0 Å². The molecule has 172 valence electrons. The fourth-order valence-corrected chi connectivity index (χ4v) is 4.01. The van der Waals surface area contributed by atoms with E-state index in [9.17, 15) is 14.4 Å². The zero-order chi connectivity index (χ0) is 21.6. The van der Waals surface area contributed by atoms with Crippen LogP contribution >= 0.6 is 0 Å². The highest BCUT2D eigenvalue weighted by Crippen LogP contribution is 2.27. The second kappa shape index (κ2) is 14.5. The summed E-state index contributed by atoms with van der Waals surface area (Å²) >= 11 is 0. The molecule has 0 unspecified atom stereocenters. The SMILES string of the molecule is CC(C)C(=O)C1CCC(NC(=O)CCCOC2CCCCC2)CC1.CCC(N)=O.[HH].[HH]. The van der Waals surface area contributed by atoms with Crippen LogP contribution in [0.15, 0.2) is 0 Å². The van der Waals surface area contributed by atoms with E-state index in [0.29, 0.717) is 31.3 Å². The zero-order valence-corrected chi connectivity index (χ0v) is 18.7. The Bertz CT molecular complexity index is 504. The molecule has 0 saturated heterocycles. The highest BCUT2D eigenvalue weighted by molar-refractivity contribution is 5.83. The first-order valence-corrected chi connectivity index (χ1v) is 11.6. The van der Waals surface area contributed by atoms with E-state index in [4.69, 9.17) is 4.74 Å². The van der Waals surface area contributed by atoms with Gasteiger partial charge < -0.3 is 15.8 Å². The van der Waals surface area contributed by atoms with Crippen molar-refractivity contribution in [3.63, 3.8) is 0 Å². The van der Waals surface area contributed by atoms with Crippen LogP contribution in [0.4, 0.5) is 0 Å². The van der Waals surface area contributed by atoms with Crippen LogP contribution in [-0.4, -0.2) is 36.4 Å². The predicted octanol–water partition coefficient (Wildman–Crippen LogP) is 4.39. The molecule has 29 heavy (non-hydrogen) atoms. The van der Waals surface area contributed by atoms with E-state index in [1.54, 1.807) is 6.92 Å². The summed E-state index contributed by atoms with van der Waals surface area (Å²) in [6.07, 6.45) is 12.2. The number of nitrogens with one attached hydrogen (secondary N) is 1. The first-order chi connectivity index (χ1) is 13.8. The number of carbonyl (C=O) groups excluding carboxylic acids is 3. The maximum absolute atomic E-state index is 12.1. The van der Waals surface area contributed by atoms with Gasteiger partial charge in [0, 0.05) is 40.2 Å². The summed E-state index contributed by atoms with van der Waals surface area (Å²) in [4.78, 5) is 33.7. The Hall–Kier alpha value is -1.43. The molecule has 6 heteroatoms. The molecule has 6 nitrogen and oxygen atoms in total. The molecule has 2 rings (SSSR count). The van der Waals surface area contributed by atoms with Crippen LogP contribution in [0.1, 0.15) is 101 Å². The fourth-order valence-electron chi connectivity index (χ4n) is 4.01. The zero-order valence-electron chi connectivity index (χ0n) is 18.7. The van der Waals surface area contributed by atoms with Crippen molar-refractivity contribution in [1.82, 2.24) is 5.32 Å². The first-order valence-electron chi connectivity index (χ1n) is 11.6. The predicted molar refractivity (Wildman–Crippen MR) is 120 cm³/mol. The van der Waals surface area contributed by atoms with E-state index in [1.807, 2.05) is 13.8 Å². The largest absolute Gasteiger partial charge is 0.378 e. The van der Waals surface area contributed by atoms with Crippen molar-refractivity contribution in [3.05, 3.63) is 0 Å². The molecule has 0 atom stereocenters. The smallest absolute Gasteiger partial charge is 0.220 e. The van der Waals surface area contributed by atoms with E-state index in [2.05, 4.69) is 11.1 Å². The molecule has 0 aromatic carbocycles. The van der Waals surface area contributed by atoms with Gasteiger partial charge in [0.1, 0.15) is 5.78 Å². The Labute approximate surface area is 179 Å². The van der Waals surface area contributed by atoms with Crippen LogP contribution in [0.5, 0.6) is 0 Å². The van der Waals surface area contributed by atoms with Crippen LogP contribution in [-0.2, 0) is 19.1 Å². The van der Waals surface area contributed by atoms with Crippen LogP contribution in [0.25, 0.3) is 0 Å². The Morgan fingerprint density at radius 1 is 1.03 bits per heavy atom. The monoisotopic (exact) mass is 414 g/mol. The average molecular weight is 415 g/mol. The maximum atomic E-state index is 12.1. The van der Waals surface area contributed by atoms with Gasteiger partial charge in [-0.3, -0.25) is 14.4 Å². The molecule has 0 radical (unpaired) electrons. The van der Waals surface area contributed by atoms with Crippen molar-refractivity contribution in [1.29, 1.82) is 0 Å². The molecule has 0 aromatic heterocycles. The van der Waals surface area contributed by atoms with Crippen molar-refractivity contribution in [2.75, 3.05) is 6.61 Å². The van der Waals surface area contributed by atoms with Gasteiger partial charge in [0.15, 0.2) is 0 Å². The van der Waals surface area contributed by atoms with Crippen molar-refractivity contribution >= 4 is 17.6 Å². The number of hydrogen-bond acceptors (Lipinski definition) is 4. The van der Waals surface area contributed by atoms with Gasteiger partial charge in [-0.1, -0.05) is 40.0 Å². The van der Waals surface area contributed by atoms with E-state index in [0.717, 1.165) is 32.1 Å². The minimum absolute atomic E-state index is 0. The summed E-state index contributed by atoms with van der Waals surface area (Å²) in [5.74, 6) is 0.623. The number of ketones is 1.